The van der Waals surface area contributed by atoms with Crippen LogP contribution in [0, 0.1) is 10.1 Å². The SMILES string of the molecule is COc1ccc(OC[C@H](Br)[C@@H](Br)COc2ccc([N+](=O)[O-])cc2)cc1. The number of nitro benzene ring substituents is 1. The van der Waals surface area contributed by atoms with Gasteiger partial charge in [-0.25, -0.2) is 0 Å². The second kappa shape index (κ2) is 9.62. The second-order valence-electron chi connectivity index (χ2n) is 5.08. The first-order valence-corrected chi connectivity index (χ1v) is 9.25. The van der Waals surface area contributed by atoms with E-state index in [0.717, 1.165) is 11.5 Å². The molecule has 0 N–H and O–H groups in total. The Morgan fingerprint density at radius 2 is 1.28 bits per heavy atom. The summed E-state index contributed by atoms with van der Waals surface area (Å²) >= 11 is 7.12. The third-order valence-electron chi connectivity index (χ3n) is 3.32. The van der Waals surface area contributed by atoms with Crippen LogP contribution in [0.3, 0.4) is 0 Å². The van der Waals surface area contributed by atoms with Gasteiger partial charge >= 0.3 is 0 Å². The van der Waals surface area contributed by atoms with E-state index >= 15 is 0 Å². The number of ether oxygens (including phenoxy) is 3. The number of alkyl halides is 2. The van der Waals surface area contributed by atoms with Crippen LogP contribution in [-0.4, -0.2) is 34.9 Å². The third kappa shape index (κ3) is 6.21. The molecule has 0 unspecified atom stereocenters. The molecule has 0 aliphatic heterocycles. The zero-order valence-corrected chi connectivity index (χ0v) is 16.6. The van der Waals surface area contributed by atoms with E-state index in [0.29, 0.717) is 19.0 Å². The Morgan fingerprint density at radius 3 is 1.68 bits per heavy atom. The van der Waals surface area contributed by atoms with E-state index < -0.39 is 4.92 Å². The molecule has 0 heterocycles. The maximum atomic E-state index is 10.6. The van der Waals surface area contributed by atoms with Gasteiger partial charge in [-0.05, 0) is 36.4 Å². The van der Waals surface area contributed by atoms with E-state index in [1.807, 2.05) is 24.3 Å². The van der Waals surface area contributed by atoms with E-state index in [2.05, 4.69) is 31.9 Å². The topological polar surface area (TPSA) is 70.8 Å². The van der Waals surface area contributed by atoms with Gasteiger partial charge in [0.15, 0.2) is 0 Å². The highest BCUT2D eigenvalue weighted by atomic mass is 79.9. The van der Waals surface area contributed by atoms with E-state index in [9.17, 15) is 10.1 Å². The van der Waals surface area contributed by atoms with Crippen LogP contribution in [0.4, 0.5) is 5.69 Å². The summed E-state index contributed by atoms with van der Waals surface area (Å²) in [6, 6.07) is 13.3. The van der Waals surface area contributed by atoms with Crippen LogP contribution in [0.2, 0.25) is 0 Å². The van der Waals surface area contributed by atoms with E-state index in [1.165, 1.54) is 12.1 Å². The molecule has 0 aromatic heterocycles. The standard InChI is InChI=1S/C17H17Br2NO5/c1-23-13-6-8-15(9-7-13)25-11-17(19)16(18)10-24-14-4-2-12(3-5-14)20(21)22/h2-9,16-17H,10-11H2,1H3/t16-,17-/m0/s1. The van der Waals surface area contributed by atoms with Gasteiger partial charge in [-0.1, -0.05) is 31.9 Å². The lowest BCUT2D eigenvalue weighted by Crippen LogP contribution is -2.27. The minimum absolute atomic E-state index is 0.000871. The Labute approximate surface area is 162 Å². The molecule has 0 aliphatic rings. The van der Waals surface area contributed by atoms with Gasteiger partial charge in [0, 0.05) is 12.1 Å². The van der Waals surface area contributed by atoms with Gasteiger partial charge < -0.3 is 14.2 Å². The fraction of sp³-hybridized carbons (Fsp3) is 0.294. The first kappa shape index (κ1) is 19.5. The first-order valence-electron chi connectivity index (χ1n) is 7.42. The lowest BCUT2D eigenvalue weighted by Gasteiger charge is -2.18. The van der Waals surface area contributed by atoms with Crippen molar-refractivity contribution in [2.45, 2.75) is 9.65 Å². The van der Waals surface area contributed by atoms with Crippen LogP contribution in [0.15, 0.2) is 48.5 Å². The minimum atomic E-state index is -0.442. The van der Waals surface area contributed by atoms with Crippen LogP contribution in [0.5, 0.6) is 17.2 Å². The average molecular weight is 475 g/mol. The summed E-state index contributed by atoms with van der Waals surface area (Å²) < 4.78 is 16.5. The normalized spacial score (nSPS) is 12.9. The van der Waals surface area contributed by atoms with Crippen molar-refractivity contribution < 1.29 is 19.1 Å². The van der Waals surface area contributed by atoms with Crippen molar-refractivity contribution >= 4 is 37.5 Å². The van der Waals surface area contributed by atoms with Crippen molar-refractivity contribution in [1.82, 2.24) is 0 Å². The highest BCUT2D eigenvalue weighted by Crippen LogP contribution is 2.22. The molecule has 0 radical (unpaired) electrons. The second-order valence-corrected chi connectivity index (χ2v) is 7.43. The van der Waals surface area contributed by atoms with Gasteiger partial charge in [-0.15, -0.1) is 0 Å². The maximum absolute atomic E-state index is 10.6. The summed E-state index contributed by atoms with van der Waals surface area (Å²) in [5.74, 6) is 2.10. The van der Waals surface area contributed by atoms with Crippen LogP contribution in [-0.2, 0) is 0 Å². The Balaban J connectivity index is 1.77. The number of hydrogen-bond acceptors (Lipinski definition) is 5. The van der Waals surface area contributed by atoms with E-state index in [4.69, 9.17) is 14.2 Å². The van der Waals surface area contributed by atoms with Crippen molar-refractivity contribution in [1.29, 1.82) is 0 Å². The molecule has 0 saturated carbocycles. The van der Waals surface area contributed by atoms with Gasteiger partial charge in [-0.3, -0.25) is 10.1 Å². The molecule has 0 bridgehead atoms. The van der Waals surface area contributed by atoms with Crippen molar-refractivity contribution in [3.8, 4) is 17.2 Å². The lowest BCUT2D eigenvalue weighted by molar-refractivity contribution is -0.384. The summed E-state index contributed by atoms with van der Waals surface area (Å²) in [7, 11) is 1.62. The predicted molar refractivity (Wildman–Crippen MR) is 103 cm³/mol. The molecule has 25 heavy (non-hydrogen) atoms. The molecule has 6 nitrogen and oxygen atoms in total. The average Bonchev–Trinajstić information content (AvgIpc) is 2.64. The number of non-ortho nitro benzene ring substituents is 1. The van der Waals surface area contributed by atoms with Crippen molar-refractivity contribution in [2.75, 3.05) is 20.3 Å². The Kier molecular flexibility index (Phi) is 7.52. The van der Waals surface area contributed by atoms with Crippen LogP contribution < -0.4 is 14.2 Å². The smallest absolute Gasteiger partial charge is 0.269 e. The minimum Gasteiger partial charge on any atom is -0.497 e. The van der Waals surface area contributed by atoms with Crippen LogP contribution in [0.25, 0.3) is 0 Å². The molecule has 8 heteroatoms. The molecule has 0 fully saturated rings. The number of halogens is 2. The Morgan fingerprint density at radius 1 is 0.880 bits per heavy atom. The number of benzene rings is 2. The number of rotatable bonds is 9. The summed E-state index contributed by atoms with van der Waals surface area (Å²) in [6.45, 7) is 0.839. The number of nitro groups is 1. The maximum Gasteiger partial charge on any atom is 0.269 e. The molecule has 2 aromatic carbocycles. The Hall–Kier alpha value is -1.80. The van der Waals surface area contributed by atoms with Crippen molar-refractivity contribution in [3.63, 3.8) is 0 Å². The van der Waals surface area contributed by atoms with Gasteiger partial charge in [0.2, 0.25) is 0 Å². The summed E-state index contributed by atoms with van der Waals surface area (Å²) in [5.41, 5.74) is 0.0361. The quantitative estimate of drug-likeness (QED) is 0.302. The molecule has 0 aliphatic carbocycles. The van der Waals surface area contributed by atoms with Crippen molar-refractivity contribution in [3.05, 3.63) is 58.6 Å². The Bertz CT molecular complexity index is 678. The first-order chi connectivity index (χ1) is 12.0. The zero-order chi connectivity index (χ0) is 18.2. The summed E-state index contributed by atoms with van der Waals surface area (Å²) in [4.78, 5) is 10.2. The fourth-order valence-corrected chi connectivity index (χ4v) is 2.47. The van der Waals surface area contributed by atoms with Gasteiger partial charge in [0.25, 0.3) is 5.69 Å². The third-order valence-corrected chi connectivity index (χ3v) is 5.83. The molecule has 2 aromatic rings. The monoisotopic (exact) mass is 473 g/mol. The van der Waals surface area contributed by atoms with Crippen molar-refractivity contribution in [2.24, 2.45) is 0 Å². The molecular formula is C17H17Br2NO5. The fourth-order valence-electron chi connectivity index (χ4n) is 1.90. The van der Waals surface area contributed by atoms with Gasteiger partial charge in [-0.2, -0.15) is 0 Å². The molecule has 0 amide bonds. The lowest BCUT2D eigenvalue weighted by atomic mass is 10.3. The number of methoxy groups -OCH3 is 1. The summed E-state index contributed by atoms with van der Waals surface area (Å²) in [5, 5.41) is 10.6. The molecular weight excluding hydrogens is 458 g/mol. The largest absolute Gasteiger partial charge is 0.497 e. The van der Waals surface area contributed by atoms with Gasteiger partial charge in [0.05, 0.1) is 21.7 Å². The molecule has 0 spiro atoms. The molecule has 134 valence electrons. The predicted octanol–water partition coefficient (Wildman–Crippen LogP) is 4.59. The molecule has 2 rings (SSSR count). The zero-order valence-electron chi connectivity index (χ0n) is 13.4. The number of nitrogens with zero attached hydrogens (tertiary/aromatic N) is 1. The molecule has 2 atom stereocenters. The van der Waals surface area contributed by atoms with E-state index in [-0.39, 0.29) is 15.3 Å². The number of hydrogen-bond donors (Lipinski definition) is 0. The van der Waals surface area contributed by atoms with Crippen LogP contribution in [0.1, 0.15) is 0 Å². The van der Waals surface area contributed by atoms with Crippen LogP contribution >= 0.6 is 31.9 Å². The molecule has 0 saturated heterocycles. The summed E-state index contributed by atoms with van der Waals surface area (Å²) in [6.07, 6.45) is 0. The van der Waals surface area contributed by atoms with Gasteiger partial charge in [0.1, 0.15) is 30.5 Å². The van der Waals surface area contributed by atoms with E-state index in [1.54, 1.807) is 19.2 Å². The highest BCUT2D eigenvalue weighted by molar-refractivity contribution is 9.12. The highest BCUT2D eigenvalue weighted by Gasteiger charge is 2.18.